The molecule has 106 valence electrons. The minimum Gasteiger partial charge on any atom is -0.370 e. The van der Waals surface area contributed by atoms with Gasteiger partial charge in [0.1, 0.15) is 6.33 Å². The largest absolute Gasteiger partial charge is 0.370 e. The van der Waals surface area contributed by atoms with Gasteiger partial charge >= 0.3 is 0 Å². The van der Waals surface area contributed by atoms with Crippen LogP contribution in [0, 0.1) is 0 Å². The number of hydrogen-bond acceptors (Lipinski definition) is 5. The lowest BCUT2D eigenvalue weighted by molar-refractivity contribution is -0.118. The van der Waals surface area contributed by atoms with Crippen molar-refractivity contribution in [2.24, 2.45) is 5.73 Å². The lowest BCUT2D eigenvalue weighted by atomic mass is 10.1. The molecule has 1 amide bonds. The van der Waals surface area contributed by atoms with E-state index in [0.29, 0.717) is 6.42 Å². The predicted molar refractivity (Wildman–Crippen MR) is 74.0 cm³/mol. The normalized spacial score (nSPS) is 13.9. The van der Waals surface area contributed by atoms with Crippen LogP contribution >= 0.6 is 0 Å². The van der Waals surface area contributed by atoms with Crippen molar-refractivity contribution < 1.29 is 4.79 Å². The summed E-state index contributed by atoms with van der Waals surface area (Å²) in [6, 6.07) is 8.02. The van der Waals surface area contributed by atoms with Gasteiger partial charge in [-0.1, -0.05) is 12.1 Å². The first-order valence-electron chi connectivity index (χ1n) is 6.44. The fourth-order valence-electron chi connectivity index (χ4n) is 2.10. The zero-order valence-corrected chi connectivity index (χ0v) is 11.5. The molecule has 0 aliphatic carbocycles. The summed E-state index contributed by atoms with van der Waals surface area (Å²) in [7, 11) is 0. The van der Waals surface area contributed by atoms with Gasteiger partial charge in [-0.05, 0) is 42.0 Å². The number of tetrazole rings is 1. The number of nitrogens with two attached hydrogens (primary N) is 1. The number of rotatable bonds is 6. The molecule has 1 heterocycles. The number of carbonyl (C=O) groups excluding carboxylic acids is 1. The van der Waals surface area contributed by atoms with E-state index in [1.54, 1.807) is 11.0 Å². The monoisotopic (exact) mass is 274 g/mol. The van der Waals surface area contributed by atoms with E-state index in [4.69, 9.17) is 5.73 Å². The van der Waals surface area contributed by atoms with E-state index >= 15 is 0 Å². The first-order valence-corrected chi connectivity index (χ1v) is 6.44. The Labute approximate surface area is 117 Å². The van der Waals surface area contributed by atoms with E-state index in [1.807, 2.05) is 38.1 Å². The molecular weight excluding hydrogens is 256 g/mol. The molecule has 20 heavy (non-hydrogen) atoms. The van der Waals surface area contributed by atoms with Crippen molar-refractivity contribution in [3.8, 4) is 5.69 Å². The smallest absolute Gasteiger partial charge is 0.218 e. The zero-order chi connectivity index (χ0) is 14.5. The summed E-state index contributed by atoms with van der Waals surface area (Å²) in [5.74, 6) is -0.306. The van der Waals surface area contributed by atoms with Crippen LogP contribution in [0.25, 0.3) is 5.69 Å². The van der Waals surface area contributed by atoms with Crippen LogP contribution < -0.4 is 11.1 Å². The molecule has 0 bridgehead atoms. The number of nitrogens with zero attached hydrogens (tertiary/aromatic N) is 4. The van der Waals surface area contributed by atoms with Gasteiger partial charge in [0.05, 0.1) is 5.69 Å². The van der Waals surface area contributed by atoms with Crippen molar-refractivity contribution in [2.45, 2.75) is 32.4 Å². The summed E-state index contributed by atoms with van der Waals surface area (Å²) in [6.45, 7) is 3.97. The first kappa shape index (κ1) is 14.1. The molecule has 0 spiro atoms. The van der Waals surface area contributed by atoms with E-state index in [2.05, 4.69) is 20.8 Å². The summed E-state index contributed by atoms with van der Waals surface area (Å²) in [6.07, 6.45) is 1.87. The quantitative estimate of drug-likeness (QED) is 0.802. The maximum absolute atomic E-state index is 10.9. The Hall–Kier alpha value is -2.28. The molecule has 0 aliphatic heterocycles. The van der Waals surface area contributed by atoms with Gasteiger partial charge in [-0.15, -0.1) is 5.10 Å². The maximum Gasteiger partial charge on any atom is 0.218 e. The minimum absolute atomic E-state index is 0.0270. The van der Waals surface area contributed by atoms with Gasteiger partial charge in [0.25, 0.3) is 0 Å². The highest BCUT2D eigenvalue weighted by atomic mass is 16.1. The Bertz CT molecular complexity index is 568. The van der Waals surface area contributed by atoms with Gasteiger partial charge in [-0.25, -0.2) is 4.68 Å². The third-order valence-corrected chi connectivity index (χ3v) is 3.03. The number of primary amides is 1. The summed E-state index contributed by atoms with van der Waals surface area (Å²) in [4.78, 5) is 10.9. The summed E-state index contributed by atoms with van der Waals surface area (Å²) in [5, 5.41) is 14.4. The number of aromatic nitrogens is 4. The molecule has 2 rings (SSSR count). The topological polar surface area (TPSA) is 98.7 Å². The van der Waals surface area contributed by atoms with Gasteiger partial charge < -0.3 is 11.1 Å². The molecule has 7 nitrogen and oxygen atoms in total. The Morgan fingerprint density at radius 3 is 2.90 bits per heavy atom. The second kappa shape index (κ2) is 6.25. The predicted octanol–water partition coefficient (Wildman–Crippen LogP) is 0.577. The van der Waals surface area contributed by atoms with E-state index in [1.165, 1.54) is 0 Å². The van der Waals surface area contributed by atoms with Crippen molar-refractivity contribution in [1.29, 1.82) is 0 Å². The van der Waals surface area contributed by atoms with Crippen LogP contribution in [-0.2, 0) is 4.79 Å². The van der Waals surface area contributed by atoms with Gasteiger partial charge in [-0.3, -0.25) is 4.79 Å². The van der Waals surface area contributed by atoms with E-state index in [0.717, 1.165) is 11.3 Å². The second-order valence-electron chi connectivity index (χ2n) is 4.81. The van der Waals surface area contributed by atoms with Crippen LogP contribution in [-0.4, -0.2) is 32.2 Å². The highest BCUT2D eigenvalue weighted by Crippen LogP contribution is 2.17. The summed E-state index contributed by atoms with van der Waals surface area (Å²) < 4.78 is 1.60. The zero-order valence-electron chi connectivity index (χ0n) is 11.5. The van der Waals surface area contributed by atoms with Crippen LogP contribution in [0.5, 0.6) is 0 Å². The van der Waals surface area contributed by atoms with Crippen molar-refractivity contribution >= 4 is 5.91 Å². The number of amides is 1. The van der Waals surface area contributed by atoms with Crippen LogP contribution in [0.3, 0.4) is 0 Å². The Morgan fingerprint density at radius 2 is 2.25 bits per heavy atom. The molecule has 2 atom stereocenters. The van der Waals surface area contributed by atoms with Gasteiger partial charge in [-0.2, -0.15) is 0 Å². The van der Waals surface area contributed by atoms with Crippen molar-refractivity contribution in [3.63, 3.8) is 0 Å². The molecule has 1 aromatic heterocycles. The molecule has 2 unspecified atom stereocenters. The standard InChI is InChI=1S/C13H18N6O/c1-9(6-13(14)20)16-10(2)11-4-3-5-12(7-11)19-8-15-17-18-19/h3-5,7-10,16H,6H2,1-2H3,(H2,14,20). The minimum atomic E-state index is -0.306. The number of benzene rings is 1. The van der Waals surface area contributed by atoms with Gasteiger partial charge in [0.15, 0.2) is 0 Å². The molecule has 1 aromatic carbocycles. The summed E-state index contributed by atoms with van der Waals surface area (Å²) >= 11 is 0. The molecule has 0 saturated carbocycles. The van der Waals surface area contributed by atoms with Crippen LogP contribution in [0.2, 0.25) is 0 Å². The lowest BCUT2D eigenvalue weighted by Crippen LogP contribution is -2.32. The maximum atomic E-state index is 10.9. The fraction of sp³-hybridized carbons (Fsp3) is 0.385. The van der Waals surface area contributed by atoms with E-state index in [9.17, 15) is 4.79 Å². The molecule has 0 radical (unpaired) electrons. The highest BCUT2D eigenvalue weighted by molar-refractivity contribution is 5.74. The average Bonchev–Trinajstić information content (AvgIpc) is 2.91. The van der Waals surface area contributed by atoms with Crippen molar-refractivity contribution in [3.05, 3.63) is 36.2 Å². The molecular formula is C13H18N6O. The SMILES string of the molecule is CC(CC(N)=O)NC(C)c1cccc(-n2cnnn2)c1. The number of carbonyl (C=O) groups is 1. The molecule has 7 heteroatoms. The lowest BCUT2D eigenvalue weighted by Gasteiger charge is -2.19. The van der Waals surface area contributed by atoms with Crippen molar-refractivity contribution in [2.75, 3.05) is 0 Å². The highest BCUT2D eigenvalue weighted by Gasteiger charge is 2.12. The molecule has 2 aromatic rings. The van der Waals surface area contributed by atoms with E-state index < -0.39 is 0 Å². The molecule has 0 saturated heterocycles. The third kappa shape index (κ3) is 3.61. The average molecular weight is 274 g/mol. The van der Waals surface area contributed by atoms with Crippen LogP contribution in [0.4, 0.5) is 0 Å². The van der Waals surface area contributed by atoms with Gasteiger partial charge in [0.2, 0.25) is 5.91 Å². The second-order valence-corrected chi connectivity index (χ2v) is 4.81. The third-order valence-electron chi connectivity index (χ3n) is 3.03. The number of nitrogens with one attached hydrogen (secondary N) is 1. The number of hydrogen-bond donors (Lipinski definition) is 2. The van der Waals surface area contributed by atoms with Crippen LogP contribution in [0.15, 0.2) is 30.6 Å². The molecule has 3 N–H and O–H groups in total. The molecule has 0 aliphatic rings. The Balaban J connectivity index is 2.08. The van der Waals surface area contributed by atoms with E-state index in [-0.39, 0.29) is 18.0 Å². The Kier molecular flexibility index (Phi) is 4.41. The van der Waals surface area contributed by atoms with Crippen molar-refractivity contribution in [1.82, 2.24) is 25.5 Å². The first-order chi connectivity index (χ1) is 9.56. The Morgan fingerprint density at radius 1 is 1.45 bits per heavy atom. The fourth-order valence-corrected chi connectivity index (χ4v) is 2.10. The van der Waals surface area contributed by atoms with Gasteiger partial charge in [0, 0.05) is 18.5 Å². The van der Waals surface area contributed by atoms with Crippen LogP contribution in [0.1, 0.15) is 31.9 Å². The summed E-state index contributed by atoms with van der Waals surface area (Å²) in [5.41, 5.74) is 7.18. The molecule has 0 fully saturated rings.